The van der Waals surface area contributed by atoms with E-state index in [9.17, 15) is 8.78 Å². The molecule has 0 bridgehead atoms. The predicted octanol–water partition coefficient (Wildman–Crippen LogP) is 3.70. The lowest BCUT2D eigenvalue weighted by atomic mass is 10.2. The van der Waals surface area contributed by atoms with Gasteiger partial charge in [0.05, 0.1) is 6.54 Å². The van der Waals surface area contributed by atoms with Gasteiger partial charge in [0.15, 0.2) is 0 Å². The van der Waals surface area contributed by atoms with E-state index in [1.807, 2.05) is 30.3 Å². The minimum absolute atomic E-state index is 0.444. The first-order chi connectivity index (χ1) is 10.7. The molecule has 0 N–H and O–H groups in total. The molecule has 0 atom stereocenters. The fourth-order valence-electron chi connectivity index (χ4n) is 1.95. The van der Waals surface area contributed by atoms with Crippen molar-refractivity contribution in [1.82, 2.24) is 20.2 Å². The number of hydrogen-bond acceptors (Lipinski definition) is 4. The molecule has 22 heavy (non-hydrogen) atoms. The van der Waals surface area contributed by atoms with E-state index < -0.39 is 5.76 Å². The van der Waals surface area contributed by atoms with E-state index in [1.165, 1.54) is 4.80 Å². The molecule has 0 unspecified atom stereocenters. The molecule has 0 saturated heterocycles. The molecule has 1 heterocycles. The second kappa shape index (κ2) is 6.65. The van der Waals surface area contributed by atoms with Crippen LogP contribution in [0.2, 0.25) is 0 Å². The van der Waals surface area contributed by atoms with Gasteiger partial charge in [-0.2, -0.15) is 13.6 Å². The van der Waals surface area contributed by atoms with Crippen LogP contribution in [0.3, 0.4) is 0 Å². The van der Waals surface area contributed by atoms with Crippen molar-refractivity contribution in [2.24, 2.45) is 0 Å². The molecular weight excluding hydrogens is 306 g/mol. The third kappa shape index (κ3) is 3.67. The molecule has 0 aliphatic carbocycles. The van der Waals surface area contributed by atoms with Gasteiger partial charge in [0.2, 0.25) is 5.82 Å². The second-order valence-electron chi connectivity index (χ2n) is 4.53. The summed E-state index contributed by atoms with van der Waals surface area (Å²) in [6.45, 7) is 0.444. The zero-order valence-electron chi connectivity index (χ0n) is 11.4. The number of aromatic nitrogens is 4. The van der Waals surface area contributed by atoms with Gasteiger partial charge in [-0.15, -0.1) is 10.2 Å². The van der Waals surface area contributed by atoms with Crippen LogP contribution in [0.4, 0.5) is 8.78 Å². The zero-order valence-corrected chi connectivity index (χ0v) is 12.3. The Balaban J connectivity index is 1.70. The third-order valence-corrected chi connectivity index (χ3v) is 3.68. The van der Waals surface area contributed by atoms with E-state index in [-0.39, 0.29) is 0 Å². The first kappa shape index (κ1) is 14.6. The van der Waals surface area contributed by atoms with E-state index in [0.29, 0.717) is 29.0 Å². The maximum absolute atomic E-state index is 12.3. The third-order valence-electron chi connectivity index (χ3n) is 2.96. The molecule has 1 aromatic heterocycles. The summed E-state index contributed by atoms with van der Waals surface area (Å²) >= 11 is 0.531. The highest BCUT2D eigenvalue weighted by atomic mass is 32.2. The normalized spacial score (nSPS) is 11.0. The van der Waals surface area contributed by atoms with E-state index in [0.717, 1.165) is 11.1 Å². The van der Waals surface area contributed by atoms with E-state index in [1.54, 1.807) is 24.3 Å². The molecule has 7 heteroatoms. The maximum Gasteiger partial charge on any atom is 0.288 e. The number of alkyl halides is 2. The Labute approximate surface area is 130 Å². The Kier molecular flexibility index (Phi) is 4.43. The van der Waals surface area contributed by atoms with Gasteiger partial charge in [-0.1, -0.05) is 54.2 Å². The van der Waals surface area contributed by atoms with Crippen LogP contribution < -0.4 is 0 Å². The predicted molar refractivity (Wildman–Crippen MR) is 80.7 cm³/mol. The molecule has 0 radical (unpaired) electrons. The molecule has 112 valence electrons. The smallest absolute Gasteiger partial charge is 0.198 e. The van der Waals surface area contributed by atoms with Crippen molar-refractivity contribution < 1.29 is 8.78 Å². The minimum Gasteiger partial charge on any atom is -0.198 e. The number of rotatable bonds is 5. The summed E-state index contributed by atoms with van der Waals surface area (Å²) < 4.78 is 24.5. The molecular formula is C15H12F2N4S. The molecule has 0 fully saturated rings. The van der Waals surface area contributed by atoms with Gasteiger partial charge in [0.25, 0.3) is 5.76 Å². The number of tetrazole rings is 1. The minimum atomic E-state index is -2.41. The highest BCUT2D eigenvalue weighted by Crippen LogP contribution is 2.25. The Morgan fingerprint density at radius 3 is 2.41 bits per heavy atom. The van der Waals surface area contributed by atoms with Crippen molar-refractivity contribution in [3.05, 3.63) is 60.2 Å². The molecule has 0 spiro atoms. The van der Waals surface area contributed by atoms with Crippen molar-refractivity contribution in [3.63, 3.8) is 0 Å². The second-order valence-corrected chi connectivity index (χ2v) is 5.60. The van der Waals surface area contributed by atoms with Crippen molar-refractivity contribution in [1.29, 1.82) is 0 Å². The summed E-state index contributed by atoms with van der Waals surface area (Å²) in [5.74, 6) is -1.85. The molecule has 4 nitrogen and oxygen atoms in total. The number of nitrogens with zero attached hydrogens (tertiary/aromatic N) is 4. The number of benzene rings is 2. The molecule has 0 aliphatic rings. The largest absolute Gasteiger partial charge is 0.288 e. The average Bonchev–Trinajstić information content (AvgIpc) is 2.98. The summed E-state index contributed by atoms with van der Waals surface area (Å²) in [7, 11) is 0. The van der Waals surface area contributed by atoms with Gasteiger partial charge in [0.1, 0.15) is 0 Å². The molecule has 2 aromatic carbocycles. The first-order valence-electron chi connectivity index (χ1n) is 6.58. The quantitative estimate of drug-likeness (QED) is 0.673. The summed E-state index contributed by atoms with van der Waals surface area (Å²) in [5, 5.41) is 12.3. The lowest BCUT2D eigenvalue weighted by Gasteiger charge is -2.02. The molecule has 3 rings (SSSR count). The SMILES string of the molecule is FC(F)Sc1ccc(Cn2nnc(-c3ccccc3)n2)cc1. The monoisotopic (exact) mass is 318 g/mol. The van der Waals surface area contributed by atoms with Crippen LogP contribution >= 0.6 is 11.8 Å². The van der Waals surface area contributed by atoms with Crippen molar-refractivity contribution in [2.75, 3.05) is 0 Å². The number of thioether (sulfide) groups is 1. The highest BCUT2D eigenvalue weighted by Gasteiger charge is 2.07. The van der Waals surface area contributed by atoms with Gasteiger partial charge in [0, 0.05) is 10.5 Å². The van der Waals surface area contributed by atoms with Crippen LogP contribution in [0.5, 0.6) is 0 Å². The number of halogens is 2. The van der Waals surface area contributed by atoms with Gasteiger partial charge in [-0.05, 0) is 22.9 Å². The summed E-state index contributed by atoms with van der Waals surface area (Å²) in [5.41, 5.74) is 1.83. The van der Waals surface area contributed by atoms with Crippen LogP contribution in [0.25, 0.3) is 11.4 Å². The number of hydrogen-bond donors (Lipinski definition) is 0. The van der Waals surface area contributed by atoms with Crippen LogP contribution in [0, 0.1) is 0 Å². The van der Waals surface area contributed by atoms with Crippen LogP contribution in [0.1, 0.15) is 5.56 Å². The maximum atomic E-state index is 12.3. The molecule has 3 aromatic rings. The summed E-state index contributed by atoms with van der Waals surface area (Å²) in [4.78, 5) is 2.02. The topological polar surface area (TPSA) is 43.6 Å². The van der Waals surface area contributed by atoms with E-state index in [2.05, 4.69) is 15.4 Å². The fraction of sp³-hybridized carbons (Fsp3) is 0.133. The Hall–Kier alpha value is -2.28. The lowest BCUT2D eigenvalue weighted by Crippen LogP contribution is -2.03. The standard InChI is InChI=1S/C15H12F2N4S/c16-15(17)22-13-8-6-11(7-9-13)10-21-19-14(18-20-21)12-4-2-1-3-5-12/h1-9,15H,10H2. The molecule has 0 amide bonds. The highest BCUT2D eigenvalue weighted by molar-refractivity contribution is 7.99. The Bertz CT molecular complexity index is 729. The first-order valence-corrected chi connectivity index (χ1v) is 7.45. The van der Waals surface area contributed by atoms with Gasteiger partial charge < -0.3 is 0 Å². The summed E-state index contributed by atoms with van der Waals surface area (Å²) in [6, 6.07) is 16.5. The van der Waals surface area contributed by atoms with Crippen molar-refractivity contribution in [2.45, 2.75) is 17.2 Å². The lowest BCUT2D eigenvalue weighted by molar-refractivity contribution is 0.252. The molecule has 0 saturated carbocycles. The Morgan fingerprint density at radius 1 is 1.00 bits per heavy atom. The van der Waals surface area contributed by atoms with Crippen molar-refractivity contribution in [3.8, 4) is 11.4 Å². The Morgan fingerprint density at radius 2 is 1.73 bits per heavy atom. The average molecular weight is 318 g/mol. The summed E-state index contributed by atoms with van der Waals surface area (Å²) in [6.07, 6.45) is 0. The van der Waals surface area contributed by atoms with Crippen molar-refractivity contribution >= 4 is 11.8 Å². The molecule has 0 aliphatic heterocycles. The fourth-order valence-corrected chi connectivity index (χ4v) is 2.45. The van der Waals surface area contributed by atoms with E-state index in [4.69, 9.17) is 0 Å². The van der Waals surface area contributed by atoms with E-state index >= 15 is 0 Å². The van der Waals surface area contributed by atoms with Crippen LogP contribution in [-0.2, 0) is 6.54 Å². The van der Waals surface area contributed by atoms with Gasteiger partial charge in [-0.3, -0.25) is 0 Å². The zero-order chi connectivity index (χ0) is 15.4. The van der Waals surface area contributed by atoms with Gasteiger partial charge in [-0.25, -0.2) is 0 Å². The van der Waals surface area contributed by atoms with Crippen LogP contribution in [-0.4, -0.2) is 26.0 Å². The van der Waals surface area contributed by atoms with Gasteiger partial charge >= 0.3 is 0 Å². The van der Waals surface area contributed by atoms with Crippen LogP contribution in [0.15, 0.2) is 59.5 Å².